The van der Waals surface area contributed by atoms with Crippen LogP contribution >= 0.6 is 0 Å². The van der Waals surface area contributed by atoms with E-state index in [1.54, 1.807) is 0 Å². The largest absolute Gasteiger partial charge is 0.391 e. The predicted octanol–water partition coefficient (Wildman–Crippen LogP) is 1.63. The van der Waals surface area contributed by atoms with Crippen LogP contribution in [0.15, 0.2) is 0 Å². The summed E-state index contributed by atoms with van der Waals surface area (Å²) < 4.78 is 0. The zero-order chi connectivity index (χ0) is 9.57. The Morgan fingerprint density at radius 3 is 2.00 bits per heavy atom. The summed E-state index contributed by atoms with van der Waals surface area (Å²) in [5.41, 5.74) is 0.110. The van der Waals surface area contributed by atoms with Crippen LogP contribution in [-0.4, -0.2) is 33.7 Å². The summed E-state index contributed by atoms with van der Waals surface area (Å²) in [6.07, 6.45) is 0.737. The normalized spacial score (nSPS) is 31.0. The van der Waals surface area contributed by atoms with Gasteiger partial charge in [-0.1, -0.05) is 0 Å². The van der Waals surface area contributed by atoms with E-state index in [4.69, 9.17) is 0 Å². The van der Waals surface area contributed by atoms with Crippen LogP contribution < -0.4 is 0 Å². The Bertz CT molecular complexity index is 169. The van der Waals surface area contributed by atoms with Gasteiger partial charge in [-0.25, -0.2) is 0 Å². The van der Waals surface area contributed by atoms with Gasteiger partial charge in [0.25, 0.3) is 0 Å². The van der Waals surface area contributed by atoms with E-state index in [0.717, 1.165) is 13.0 Å². The molecule has 2 nitrogen and oxygen atoms in total. The molecule has 12 heavy (non-hydrogen) atoms. The predicted molar refractivity (Wildman–Crippen MR) is 51.2 cm³/mol. The number of nitrogens with zero attached hydrogens (tertiary/aromatic N) is 1. The lowest BCUT2D eigenvalue weighted by molar-refractivity contribution is 0.00550. The fourth-order valence-corrected chi connectivity index (χ4v) is 2.27. The Morgan fingerprint density at radius 2 is 1.83 bits per heavy atom. The monoisotopic (exact) mass is 171 g/mol. The lowest BCUT2D eigenvalue weighted by Crippen LogP contribution is -2.53. The lowest BCUT2D eigenvalue weighted by Gasteiger charge is -2.43. The fraction of sp³-hybridized carbons (Fsp3) is 1.00. The average Bonchev–Trinajstić information content (AvgIpc) is 2.06. The van der Waals surface area contributed by atoms with E-state index in [1.165, 1.54) is 0 Å². The molecule has 0 aromatic heterocycles. The summed E-state index contributed by atoms with van der Waals surface area (Å²) >= 11 is 0. The molecule has 1 N–H and O–H groups in total. The third-order valence-electron chi connectivity index (χ3n) is 2.95. The maximum absolute atomic E-state index is 9.75. The van der Waals surface area contributed by atoms with Crippen molar-refractivity contribution in [3.8, 4) is 0 Å². The maximum atomic E-state index is 9.75. The highest BCUT2D eigenvalue weighted by Crippen LogP contribution is 2.34. The van der Waals surface area contributed by atoms with Crippen molar-refractivity contribution in [2.45, 2.75) is 58.2 Å². The van der Waals surface area contributed by atoms with Crippen molar-refractivity contribution in [3.63, 3.8) is 0 Å². The van der Waals surface area contributed by atoms with E-state index >= 15 is 0 Å². The van der Waals surface area contributed by atoms with Gasteiger partial charge >= 0.3 is 0 Å². The molecular formula is C10H21NO. The molecule has 0 radical (unpaired) electrons. The fourth-order valence-electron chi connectivity index (χ4n) is 2.27. The van der Waals surface area contributed by atoms with Gasteiger partial charge in [0.1, 0.15) is 0 Å². The van der Waals surface area contributed by atoms with Gasteiger partial charge in [-0.3, -0.25) is 4.90 Å². The first-order valence-electron chi connectivity index (χ1n) is 4.72. The first-order chi connectivity index (χ1) is 5.26. The van der Waals surface area contributed by atoms with Crippen LogP contribution in [0.25, 0.3) is 0 Å². The van der Waals surface area contributed by atoms with Crippen molar-refractivity contribution in [3.05, 3.63) is 0 Å². The first kappa shape index (κ1) is 10.0. The Hall–Kier alpha value is -0.0800. The van der Waals surface area contributed by atoms with Crippen molar-refractivity contribution in [1.82, 2.24) is 4.90 Å². The summed E-state index contributed by atoms with van der Waals surface area (Å²) in [6, 6.07) is 0. The van der Waals surface area contributed by atoms with Crippen LogP contribution in [0.1, 0.15) is 41.0 Å². The number of hydrogen-bond acceptors (Lipinski definition) is 2. The molecule has 0 spiro atoms. The van der Waals surface area contributed by atoms with Crippen molar-refractivity contribution < 1.29 is 5.11 Å². The first-order valence-corrected chi connectivity index (χ1v) is 4.72. The molecule has 0 amide bonds. The molecule has 0 aromatic rings. The second-order valence-corrected chi connectivity index (χ2v) is 5.28. The second kappa shape index (κ2) is 2.71. The van der Waals surface area contributed by atoms with Gasteiger partial charge in [0.2, 0.25) is 0 Å². The SMILES string of the molecule is CC(C)(C)N1CCC(O)C1(C)C. The molecule has 0 aliphatic carbocycles. The number of hydrogen-bond donors (Lipinski definition) is 1. The molecule has 1 rings (SSSR count). The third-order valence-corrected chi connectivity index (χ3v) is 2.95. The van der Waals surface area contributed by atoms with Crippen LogP contribution in [0.2, 0.25) is 0 Å². The van der Waals surface area contributed by atoms with Crippen molar-refractivity contribution in [2.75, 3.05) is 6.54 Å². The highest BCUT2D eigenvalue weighted by Gasteiger charge is 2.44. The van der Waals surface area contributed by atoms with E-state index < -0.39 is 0 Å². The summed E-state index contributed by atoms with van der Waals surface area (Å²) in [6.45, 7) is 11.9. The van der Waals surface area contributed by atoms with Crippen LogP contribution in [0, 0.1) is 0 Å². The minimum Gasteiger partial charge on any atom is -0.391 e. The van der Waals surface area contributed by atoms with E-state index in [-0.39, 0.29) is 17.2 Å². The van der Waals surface area contributed by atoms with E-state index in [2.05, 4.69) is 39.5 Å². The molecule has 0 aromatic carbocycles. The topological polar surface area (TPSA) is 23.5 Å². The average molecular weight is 171 g/mol. The van der Waals surface area contributed by atoms with E-state index in [9.17, 15) is 5.11 Å². The molecule has 1 heterocycles. The van der Waals surface area contributed by atoms with Crippen LogP contribution in [0.5, 0.6) is 0 Å². The van der Waals surface area contributed by atoms with Gasteiger partial charge in [-0.05, 0) is 41.0 Å². The Morgan fingerprint density at radius 1 is 1.33 bits per heavy atom. The highest BCUT2D eigenvalue weighted by molar-refractivity contribution is 5.00. The summed E-state index contributed by atoms with van der Waals surface area (Å²) in [4.78, 5) is 2.38. The van der Waals surface area contributed by atoms with Crippen LogP contribution in [0.3, 0.4) is 0 Å². The number of aliphatic hydroxyl groups is 1. The molecule has 1 saturated heterocycles. The molecule has 1 aliphatic heterocycles. The van der Waals surface area contributed by atoms with Crippen molar-refractivity contribution in [1.29, 1.82) is 0 Å². The lowest BCUT2D eigenvalue weighted by atomic mass is 9.94. The third kappa shape index (κ3) is 1.50. The van der Waals surface area contributed by atoms with Crippen LogP contribution in [-0.2, 0) is 0 Å². The van der Waals surface area contributed by atoms with Gasteiger partial charge in [0, 0.05) is 17.6 Å². The Balaban J connectivity index is 2.82. The zero-order valence-electron chi connectivity index (χ0n) is 8.89. The quantitative estimate of drug-likeness (QED) is 0.599. The second-order valence-electron chi connectivity index (χ2n) is 5.28. The van der Waals surface area contributed by atoms with Gasteiger partial charge in [0.15, 0.2) is 0 Å². The van der Waals surface area contributed by atoms with E-state index in [1.807, 2.05) is 0 Å². The minimum atomic E-state index is -0.170. The Kier molecular flexibility index (Phi) is 2.26. The smallest absolute Gasteiger partial charge is 0.0730 e. The van der Waals surface area contributed by atoms with Crippen LogP contribution in [0.4, 0.5) is 0 Å². The van der Waals surface area contributed by atoms with Crippen molar-refractivity contribution >= 4 is 0 Å². The molecule has 0 saturated carbocycles. The molecular weight excluding hydrogens is 150 g/mol. The number of likely N-dealkylation sites (tertiary alicyclic amines) is 1. The molecule has 1 atom stereocenters. The zero-order valence-corrected chi connectivity index (χ0v) is 8.89. The summed E-state index contributed by atoms with van der Waals surface area (Å²) in [5.74, 6) is 0. The highest BCUT2D eigenvalue weighted by atomic mass is 16.3. The Labute approximate surface area is 75.6 Å². The van der Waals surface area contributed by atoms with Gasteiger partial charge in [0.05, 0.1) is 6.10 Å². The molecule has 72 valence electrons. The molecule has 1 unspecified atom stereocenters. The molecule has 1 aliphatic rings. The molecule has 2 heteroatoms. The standard InChI is InChI=1S/C10H21NO/c1-9(2,3)11-7-6-8(12)10(11,4)5/h8,12H,6-7H2,1-5H3. The maximum Gasteiger partial charge on any atom is 0.0730 e. The number of rotatable bonds is 0. The molecule has 0 bridgehead atoms. The van der Waals surface area contributed by atoms with Gasteiger partial charge in [-0.2, -0.15) is 0 Å². The van der Waals surface area contributed by atoms with E-state index in [0.29, 0.717) is 0 Å². The summed E-state index contributed by atoms with van der Waals surface area (Å²) in [5, 5.41) is 9.75. The summed E-state index contributed by atoms with van der Waals surface area (Å²) in [7, 11) is 0. The number of aliphatic hydroxyl groups excluding tert-OH is 1. The minimum absolute atomic E-state index is 0.0573. The molecule has 1 fully saturated rings. The van der Waals surface area contributed by atoms with Crippen molar-refractivity contribution in [2.24, 2.45) is 0 Å². The van der Waals surface area contributed by atoms with Gasteiger partial charge < -0.3 is 5.11 Å². The van der Waals surface area contributed by atoms with Gasteiger partial charge in [-0.15, -0.1) is 0 Å².